The molecule has 0 radical (unpaired) electrons. The maximum Gasteiger partial charge on any atom is 0.410 e. The Hall–Kier alpha value is -2.68. The zero-order chi connectivity index (χ0) is 18.4. The van der Waals surface area contributed by atoms with Crippen molar-refractivity contribution in [3.05, 3.63) is 39.8 Å². The van der Waals surface area contributed by atoms with Gasteiger partial charge in [-0.1, -0.05) is 0 Å². The van der Waals surface area contributed by atoms with Crippen LogP contribution >= 0.6 is 11.8 Å². The summed E-state index contributed by atoms with van der Waals surface area (Å²) in [4.78, 5) is 38.1. The molecule has 0 spiro atoms. The van der Waals surface area contributed by atoms with Crippen LogP contribution in [0.25, 0.3) is 6.08 Å². The van der Waals surface area contributed by atoms with Crippen molar-refractivity contribution in [3.8, 4) is 0 Å². The molecule has 3 aliphatic heterocycles. The number of rotatable bonds is 3. The van der Waals surface area contributed by atoms with Crippen LogP contribution in [0.3, 0.4) is 0 Å². The fourth-order valence-corrected chi connectivity index (χ4v) is 4.32. The molecule has 0 bridgehead atoms. The molecule has 1 atom stereocenters. The number of hydrogen-bond acceptors (Lipinski definition) is 6. The molecular weight excluding hydrogens is 360 g/mol. The van der Waals surface area contributed by atoms with Gasteiger partial charge in [0.2, 0.25) is 0 Å². The predicted molar refractivity (Wildman–Crippen MR) is 91.8 cm³/mol. The first-order chi connectivity index (χ1) is 12.5. The van der Waals surface area contributed by atoms with Gasteiger partial charge in [-0.05, 0) is 31.1 Å². The fraction of sp³-hybridized carbons (Fsp3) is 0.353. The van der Waals surface area contributed by atoms with Crippen molar-refractivity contribution in [1.29, 1.82) is 0 Å². The highest BCUT2D eigenvalue weighted by molar-refractivity contribution is 8.03. The molecule has 0 aromatic carbocycles. The Morgan fingerprint density at radius 3 is 3.04 bits per heavy atom. The molecule has 3 aliphatic rings. The van der Waals surface area contributed by atoms with Gasteiger partial charge in [0, 0.05) is 12.0 Å². The molecule has 4 heterocycles. The average Bonchev–Trinajstić information content (AvgIpc) is 3.20. The van der Waals surface area contributed by atoms with E-state index in [9.17, 15) is 14.4 Å². The number of ether oxygens (including phenoxy) is 1. The number of carbonyl (C=O) groups excluding carboxylic acids is 2. The highest BCUT2D eigenvalue weighted by Gasteiger charge is 2.49. The van der Waals surface area contributed by atoms with Crippen LogP contribution in [0.2, 0.25) is 0 Å². The lowest BCUT2D eigenvalue weighted by Gasteiger charge is -2.36. The second-order valence-electron chi connectivity index (χ2n) is 6.04. The predicted octanol–water partition coefficient (Wildman–Crippen LogP) is 2.02. The third kappa shape index (κ3) is 2.59. The summed E-state index contributed by atoms with van der Waals surface area (Å²) in [6, 6.07) is 1.87. The summed E-state index contributed by atoms with van der Waals surface area (Å²) in [5, 5.41) is 10.3. The Balaban J connectivity index is 1.50. The normalized spacial score (nSPS) is 22.7. The van der Waals surface area contributed by atoms with Gasteiger partial charge in [-0.25, -0.2) is 9.59 Å². The van der Waals surface area contributed by atoms with Crippen LogP contribution in [0, 0.1) is 0 Å². The van der Waals surface area contributed by atoms with Crippen LogP contribution in [-0.4, -0.2) is 51.4 Å². The van der Waals surface area contributed by atoms with E-state index in [1.54, 1.807) is 17.9 Å². The van der Waals surface area contributed by atoms with E-state index in [1.807, 2.05) is 6.07 Å². The van der Waals surface area contributed by atoms with Gasteiger partial charge in [0.05, 0.1) is 18.7 Å². The zero-order valence-electron chi connectivity index (χ0n) is 13.9. The number of hydrogen-bond donors (Lipinski definition) is 1. The third-order valence-corrected chi connectivity index (χ3v) is 5.56. The van der Waals surface area contributed by atoms with E-state index in [1.165, 1.54) is 22.1 Å². The van der Waals surface area contributed by atoms with E-state index in [4.69, 9.17) is 14.3 Å². The van der Waals surface area contributed by atoms with Crippen LogP contribution < -0.4 is 0 Å². The quantitative estimate of drug-likeness (QED) is 0.636. The van der Waals surface area contributed by atoms with Crippen molar-refractivity contribution in [2.75, 3.05) is 13.2 Å². The number of thioether (sulfide) groups is 1. The van der Waals surface area contributed by atoms with Gasteiger partial charge in [0.15, 0.2) is 0 Å². The lowest BCUT2D eigenvalue weighted by Crippen LogP contribution is -2.51. The second kappa shape index (κ2) is 6.24. The highest BCUT2D eigenvalue weighted by Crippen LogP contribution is 2.45. The Bertz CT molecular complexity index is 871. The number of fused-ring (bicyclic) bond motifs is 2. The molecule has 1 aromatic rings. The van der Waals surface area contributed by atoms with Gasteiger partial charge < -0.3 is 19.2 Å². The molecule has 136 valence electrons. The number of β-lactam (4-membered cyclic amide) rings is 1. The van der Waals surface area contributed by atoms with Gasteiger partial charge in [-0.3, -0.25) is 9.69 Å². The molecule has 0 aliphatic carbocycles. The fourth-order valence-electron chi connectivity index (χ4n) is 3.20. The van der Waals surface area contributed by atoms with Crippen molar-refractivity contribution in [2.45, 2.75) is 25.3 Å². The number of amides is 2. The molecule has 0 unspecified atom stereocenters. The largest absolute Gasteiger partial charge is 0.477 e. The van der Waals surface area contributed by atoms with Crippen LogP contribution in [0.5, 0.6) is 0 Å². The molecular formula is C17H16N2O6S. The number of carbonyl (C=O) groups is 3. The Labute approximate surface area is 153 Å². The molecule has 2 amide bonds. The summed E-state index contributed by atoms with van der Waals surface area (Å²) in [7, 11) is 0. The molecule has 1 N–H and O–H groups in total. The lowest BCUT2D eigenvalue weighted by molar-refractivity contribution is -0.141. The zero-order valence-corrected chi connectivity index (χ0v) is 14.7. The standard InChI is InChI=1S/C17H16N2O6S/c1-2-24-17(23)18-4-3-9-5-10(25-13(9)7-18)6-11-14(20)19-12(16(21)22)8-26-15(11)19/h5-6,8,15H,2-4,7H2,1H3,(H,21,22)/b11-6-/t15-/m1/s1. The van der Waals surface area contributed by atoms with Crippen LogP contribution in [-0.2, 0) is 27.3 Å². The summed E-state index contributed by atoms with van der Waals surface area (Å²) >= 11 is 1.29. The first kappa shape index (κ1) is 16.8. The first-order valence-corrected chi connectivity index (χ1v) is 9.11. The van der Waals surface area contributed by atoms with E-state index >= 15 is 0 Å². The summed E-state index contributed by atoms with van der Waals surface area (Å²) in [5.74, 6) is -0.215. The first-order valence-electron chi connectivity index (χ1n) is 8.17. The molecule has 4 rings (SSSR count). The number of carboxylic acids is 1. The van der Waals surface area contributed by atoms with E-state index in [0.717, 1.165) is 5.56 Å². The summed E-state index contributed by atoms with van der Waals surface area (Å²) in [6.07, 6.45) is 1.94. The van der Waals surface area contributed by atoms with Crippen LogP contribution in [0.4, 0.5) is 4.79 Å². The number of aliphatic carboxylic acids is 1. The number of nitrogens with zero attached hydrogens (tertiary/aromatic N) is 2. The van der Waals surface area contributed by atoms with Gasteiger partial charge in [0.25, 0.3) is 5.91 Å². The molecule has 9 heteroatoms. The van der Waals surface area contributed by atoms with Crippen molar-refractivity contribution in [1.82, 2.24) is 9.80 Å². The topological polar surface area (TPSA) is 100 Å². The molecule has 8 nitrogen and oxygen atoms in total. The monoisotopic (exact) mass is 376 g/mol. The smallest absolute Gasteiger partial charge is 0.410 e. The minimum atomic E-state index is -1.11. The van der Waals surface area contributed by atoms with Gasteiger partial charge in [0.1, 0.15) is 22.6 Å². The van der Waals surface area contributed by atoms with E-state index < -0.39 is 5.97 Å². The Morgan fingerprint density at radius 2 is 2.31 bits per heavy atom. The van der Waals surface area contributed by atoms with Crippen molar-refractivity contribution in [3.63, 3.8) is 0 Å². The average molecular weight is 376 g/mol. The lowest BCUT2D eigenvalue weighted by atomic mass is 10.0. The van der Waals surface area contributed by atoms with Crippen LogP contribution in [0.1, 0.15) is 24.0 Å². The number of furan rings is 1. The maximum absolute atomic E-state index is 12.2. The Morgan fingerprint density at radius 1 is 1.50 bits per heavy atom. The van der Waals surface area contributed by atoms with Gasteiger partial charge >= 0.3 is 12.1 Å². The Kier molecular flexibility index (Phi) is 4.03. The molecule has 1 saturated heterocycles. The summed E-state index contributed by atoms with van der Waals surface area (Å²) in [5.41, 5.74) is 1.52. The van der Waals surface area contributed by atoms with Crippen LogP contribution in [0.15, 0.2) is 27.2 Å². The summed E-state index contributed by atoms with van der Waals surface area (Å²) < 4.78 is 10.8. The van der Waals surface area contributed by atoms with Crippen molar-refractivity contribution in [2.24, 2.45) is 0 Å². The molecule has 1 fully saturated rings. The molecule has 26 heavy (non-hydrogen) atoms. The SMILES string of the molecule is CCOC(=O)N1CCc2cc(/C=C3/C(=O)N4C(C(=O)O)=CS[C@H]34)oc2C1. The molecule has 1 aromatic heterocycles. The number of carboxylic acid groups (broad SMARTS) is 1. The van der Waals surface area contributed by atoms with Gasteiger partial charge in [-0.2, -0.15) is 0 Å². The van der Waals surface area contributed by atoms with E-state index in [-0.39, 0.29) is 23.1 Å². The van der Waals surface area contributed by atoms with Crippen molar-refractivity contribution >= 4 is 35.8 Å². The summed E-state index contributed by atoms with van der Waals surface area (Å²) in [6.45, 7) is 2.97. The van der Waals surface area contributed by atoms with Gasteiger partial charge in [-0.15, -0.1) is 11.8 Å². The third-order valence-electron chi connectivity index (χ3n) is 4.48. The minimum absolute atomic E-state index is 0.00553. The highest BCUT2D eigenvalue weighted by atomic mass is 32.2. The minimum Gasteiger partial charge on any atom is -0.477 e. The maximum atomic E-state index is 12.2. The molecule has 0 saturated carbocycles. The second-order valence-corrected chi connectivity index (χ2v) is 6.99. The van der Waals surface area contributed by atoms with Crippen molar-refractivity contribution < 1.29 is 28.6 Å². The van der Waals surface area contributed by atoms with E-state index in [2.05, 4.69) is 0 Å². The van der Waals surface area contributed by atoms with E-state index in [0.29, 0.717) is 43.2 Å².